The van der Waals surface area contributed by atoms with Crippen LogP contribution in [0.5, 0.6) is 17.2 Å². The van der Waals surface area contributed by atoms with Gasteiger partial charge in [-0.05, 0) is 122 Å². The predicted molar refractivity (Wildman–Crippen MR) is 218 cm³/mol. The van der Waals surface area contributed by atoms with Crippen molar-refractivity contribution in [3.05, 3.63) is 173 Å². The summed E-state index contributed by atoms with van der Waals surface area (Å²) in [5.74, 6) is 12.9. The van der Waals surface area contributed by atoms with Crippen molar-refractivity contribution in [1.29, 1.82) is 0 Å². The number of hydrogen-bond donors (Lipinski definition) is 1. The molecule has 0 radical (unpaired) electrons. The highest BCUT2D eigenvalue weighted by Crippen LogP contribution is 2.32. The number of ether oxygens (including phenoxy) is 4. The van der Waals surface area contributed by atoms with Gasteiger partial charge < -0.3 is 28.7 Å². The van der Waals surface area contributed by atoms with E-state index in [-0.39, 0.29) is 36.0 Å². The molecule has 9 nitrogen and oxygen atoms in total. The lowest BCUT2D eigenvalue weighted by molar-refractivity contribution is -0.185. The third-order valence-electron chi connectivity index (χ3n) is 8.31. The zero-order valence-electron chi connectivity index (χ0n) is 32.4. The summed E-state index contributed by atoms with van der Waals surface area (Å²) in [6.45, 7) is 9.81. The lowest BCUT2D eigenvalue weighted by Gasteiger charge is -2.18. The molecule has 59 heavy (non-hydrogen) atoms. The fraction of sp³-hybridized carbons (Fsp3) is 0.188. The summed E-state index contributed by atoms with van der Waals surface area (Å²) in [7, 11) is 0. The standard InChI is InChI=1S/C48H41F2NO8/c1-4-46(53)57-31-6-5-30-55-41-25-17-39(18-26-41)48(49,50)59-44-23-11-36(12-24-44)10-22-43-28-27-42(58-43)21-9-35-7-15-38(16-8-35)45(52)33-37-13-19-40(20-14-37)56-32-29-51-47(54)34(2)3/h4,7-8,11-20,23-28H,1-2,5-6,29-33H2,3H3,(H,51,54). The highest BCUT2D eigenvalue weighted by atomic mass is 19.3. The zero-order valence-corrected chi connectivity index (χ0v) is 32.4. The molecule has 0 spiro atoms. The van der Waals surface area contributed by atoms with Crippen molar-refractivity contribution in [3.8, 4) is 40.9 Å². The van der Waals surface area contributed by atoms with E-state index in [0.717, 1.165) is 11.6 Å². The van der Waals surface area contributed by atoms with Crippen LogP contribution in [0.4, 0.5) is 8.78 Å². The van der Waals surface area contributed by atoms with E-state index in [1.165, 1.54) is 36.4 Å². The van der Waals surface area contributed by atoms with Gasteiger partial charge in [0.15, 0.2) is 17.3 Å². The molecule has 0 atom stereocenters. The van der Waals surface area contributed by atoms with Crippen molar-refractivity contribution in [2.24, 2.45) is 0 Å². The summed E-state index contributed by atoms with van der Waals surface area (Å²) in [6.07, 6.45) is -1.06. The molecular weight excluding hydrogens is 757 g/mol. The fourth-order valence-electron chi connectivity index (χ4n) is 5.14. The molecule has 5 rings (SSSR count). The number of halogens is 2. The molecule has 1 amide bonds. The van der Waals surface area contributed by atoms with E-state index >= 15 is 0 Å². The lowest BCUT2D eigenvalue weighted by atomic mass is 10.0. The van der Waals surface area contributed by atoms with Crippen LogP contribution in [0.15, 0.2) is 138 Å². The van der Waals surface area contributed by atoms with Crippen LogP contribution in [-0.4, -0.2) is 44.0 Å². The van der Waals surface area contributed by atoms with E-state index in [0.29, 0.717) is 77.9 Å². The SMILES string of the molecule is C=CC(=O)OCCCCOc1ccc(C(F)(F)Oc2ccc(C#Cc3ccc(C#Cc4ccc(C(=O)Cc5ccc(OCCNC(=O)C(=C)C)cc5)cc4)o3)cc2)cc1. The minimum absolute atomic E-state index is 0.0390. The molecule has 5 aromatic rings. The average Bonchev–Trinajstić information content (AvgIpc) is 3.71. The summed E-state index contributed by atoms with van der Waals surface area (Å²) in [4.78, 5) is 35.5. The predicted octanol–water partition coefficient (Wildman–Crippen LogP) is 8.59. The number of furan rings is 1. The Morgan fingerprint density at radius 2 is 1.25 bits per heavy atom. The smallest absolute Gasteiger partial charge is 0.426 e. The van der Waals surface area contributed by atoms with Crippen molar-refractivity contribution >= 4 is 17.7 Å². The first-order valence-corrected chi connectivity index (χ1v) is 18.6. The second kappa shape index (κ2) is 21.2. The third kappa shape index (κ3) is 14.0. The quantitative estimate of drug-likeness (QED) is 0.0309. The molecule has 300 valence electrons. The van der Waals surface area contributed by atoms with Crippen molar-refractivity contribution in [2.75, 3.05) is 26.4 Å². The third-order valence-corrected chi connectivity index (χ3v) is 8.31. The van der Waals surface area contributed by atoms with Crippen LogP contribution in [0.2, 0.25) is 0 Å². The van der Waals surface area contributed by atoms with Gasteiger partial charge in [0.25, 0.3) is 0 Å². The van der Waals surface area contributed by atoms with Gasteiger partial charge in [-0.2, -0.15) is 8.78 Å². The maximum absolute atomic E-state index is 14.9. The Morgan fingerprint density at radius 1 is 0.712 bits per heavy atom. The number of esters is 1. The number of hydrogen-bond acceptors (Lipinski definition) is 8. The van der Waals surface area contributed by atoms with Gasteiger partial charge in [0, 0.05) is 34.8 Å². The normalized spacial score (nSPS) is 10.5. The Kier molecular flexibility index (Phi) is 15.4. The van der Waals surface area contributed by atoms with Gasteiger partial charge in [-0.1, -0.05) is 49.3 Å². The van der Waals surface area contributed by atoms with Gasteiger partial charge in [-0.3, -0.25) is 9.59 Å². The van der Waals surface area contributed by atoms with Crippen molar-refractivity contribution in [1.82, 2.24) is 5.32 Å². The number of ketones is 1. The highest BCUT2D eigenvalue weighted by molar-refractivity contribution is 5.97. The van der Waals surface area contributed by atoms with Crippen LogP contribution < -0.4 is 19.5 Å². The molecule has 1 aromatic heterocycles. The van der Waals surface area contributed by atoms with E-state index in [1.807, 2.05) is 12.1 Å². The Hall–Kier alpha value is -7.37. The number of alkyl halides is 2. The first-order chi connectivity index (χ1) is 28.5. The summed E-state index contributed by atoms with van der Waals surface area (Å²) < 4.78 is 56.6. The first kappa shape index (κ1) is 42.8. The first-order valence-electron chi connectivity index (χ1n) is 18.6. The number of unbranched alkanes of at least 4 members (excludes halogenated alkanes) is 1. The molecule has 11 heteroatoms. The number of rotatable bonds is 18. The van der Waals surface area contributed by atoms with Crippen molar-refractivity contribution in [3.63, 3.8) is 0 Å². The highest BCUT2D eigenvalue weighted by Gasteiger charge is 2.34. The molecule has 0 unspecified atom stereocenters. The van der Waals surface area contributed by atoms with Crippen LogP contribution in [-0.2, 0) is 26.9 Å². The second-order valence-electron chi connectivity index (χ2n) is 13.0. The summed E-state index contributed by atoms with van der Waals surface area (Å²) in [6, 6.07) is 28.9. The van der Waals surface area contributed by atoms with E-state index in [1.54, 1.807) is 67.6 Å². The summed E-state index contributed by atoms with van der Waals surface area (Å²) >= 11 is 0. The Bertz CT molecular complexity index is 2360. The average molecular weight is 798 g/mol. The number of carbonyl (C=O) groups excluding carboxylic acids is 3. The van der Waals surface area contributed by atoms with Crippen molar-refractivity contribution in [2.45, 2.75) is 32.3 Å². The maximum atomic E-state index is 14.9. The van der Waals surface area contributed by atoms with Gasteiger partial charge >= 0.3 is 12.1 Å². The van der Waals surface area contributed by atoms with Gasteiger partial charge in [0.2, 0.25) is 5.91 Å². The molecule has 0 aliphatic carbocycles. The van der Waals surface area contributed by atoms with Gasteiger partial charge in [0.05, 0.1) is 25.3 Å². The Morgan fingerprint density at radius 3 is 1.85 bits per heavy atom. The fourth-order valence-corrected chi connectivity index (χ4v) is 5.14. The molecule has 1 N–H and O–H groups in total. The number of nitrogens with one attached hydrogen (secondary N) is 1. The van der Waals surface area contributed by atoms with Gasteiger partial charge in [-0.25, -0.2) is 4.79 Å². The minimum Gasteiger partial charge on any atom is -0.494 e. The van der Waals surface area contributed by atoms with E-state index < -0.39 is 12.1 Å². The van der Waals surface area contributed by atoms with Crippen LogP contribution in [0.1, 0.15) is 63.9 Å². The Labute approximate surface area is 341 Å². The minimum atomic E-state index is -3.59. The maximum Gasteiger partial charge on any atom is 0.426 e. The molecule has 0 fully saturated rings. The molecular formula is C48H41F2NO8. The Balaban J connectivity index is 1.05. The second-order valence-corrected chi connectivity index (χ2v) is 13.0. The van der Waals surface area contributed by atoms with Crippen LogP contribution in [0.3, 0.4) is 0 Å². The number of carbonyl (C=O) groups is 3. The molecule has 0 aliphatic rings. The van der Waals surface area contributed by atoms with Crippen LogP contribution in [0.25, 0.3) is 0 Å². The molecule has 0 bridgehead atoms. The molecule has 4 aromatic carbocycles. The van der Waals surface area contributed by atoms with E-state index in [9.17, 15) is 23.2 Å². The van der Waals surface area contributed by atoms with Gasteiger partial charge in [0.1, 0.15) is 23.9 Å². The largest absolute Gasteiger partial charge is 0.494 e. The number of amides is 1. The lowest BCUT2D eigenvalue weighted by Crippen LogP contribution is -2.28. The van der Waals surface area contributed by atoms with Crippen LogP contribution in [0, 0.1) is 23.7 Å². The zero-order chi connectivity index (χ0) is 42.0. The molecule has 1 heterocycles. The number of Topliss-reactive ketones (excluding diaryl/α,β-unsaturated/α-hetero) is 1. The monoisotopic (exact) mass is 797 g/mol. The topological polar surface area (TPSA) is 113 Å². The van der Waals surface area contributed by atoms with Gasteiger partial charge in [-0.15, -0.1) is 0 Å². The van der Waals surface area contributed by atoms with E-state index in [2.05, 4.69) is 42.2 Å². The van der Waals surface area contributed by atoms with Crippen LogP contribution >= 0.6 is 0 Å². The molecule has 0 saturated carbocycles. The number of benzene rings is 4. The molecule has 0 saturated heterocycles. The molecule has 0 aliphatic heterocycles. The summed E-state index contributed by atoms with van der Waals surface area (Å²) in [5, 5.41) is 2.70. The van der Waals surface area contributed by atoms with Crippen molar-refractivity contribution < 1.29 is 46.5 Å². The summed E-state index contributed by atoms with van der Waals surface area (Å²) in [5.41, 5.74) is 2.75. The van der Waals surface area contributed by atoms with E-state index in [4.69, 9.17) is 23.4 Å².